The average molecular weight is 389 g/mol. The number of aliphatic imine (C=N–C) groups is 1. The van der Waals surface area contributed by atoms with Gasteiger partial charge in [0.25, 0.3) is 0 Å². The molecule has 2 rings (SSSR count). The zero-order valence-corrected chi connectivity index (χ0v) is 17.6. The molecule has 2 aromatic rings. The molecule has 1 heterocycles. The molecule has 6 heteroatoms. The molecule has 0 amide bonds. The molecule has 148 valence electrons. The molecule has 1 aromatic heterocycles. The zero-order chi connectivity index (χ0) is 19.7. The number of likely N-dealkylation sites (N-methyl/N-ethyl adjacent to an activating group) is 1. The van der Waals surface area contributed by atoms with E-state index >= 15 is 0 Å². The van der Waals surface area contributed by atoms with Crippen LogP contribution < -0.4 is 10.6 Å². The van der Waals surface area contributed by atoms with Crippen molar-refractivity contribution in [2.45, 2.75) is 31.9 Å². The predicted molar refractivity (Wildman–Crippen MR) is 115 cm³/mol. The number of nitrogens with one attached hydrogen (secondary N) is 2. The first kappa shape index (κ1) is 21.4. The van der Waals surface area contributed by atoms with Crippen molar-refractivity contribution in [2.75, 3.05) is 33.7 Å². The number of hydrogen-bond donors (Lipinski definition) is 3. The van der Waals surface area contributed by atoms with Gasteiger partial charge in [-0.1, -0.05) is 30.3 Å². The van der Waals surface area contributed by atoms with E-state index in [-0.39, 0.29) is 0 Å². The van der Waals surface area contributed by atoms with Crippen LogP contribution in [-0.2, 0) is 12.0 Å². The van der Waals surface area contributed by atoms with Crippen molar-refractivity contribution in [3.05, 3.63) is 58.3 Å². The molecule has 27 heavy (non-hydrogen) atoms. The molecule has 0 saturated carbocycles. The third-order valence-electron chi connectivity index (χ3n) is 4.58. The van der Waals surface area contributed by atoms with Crippen molar-refractivity contribution in [1.82, 2.24) is 15.5 Å². The van der Waals surface area contributed by atoms with Crippen LogP contribution in [0.1, 0.15) is 25.0 Å². The van der Waals surface area contributed by atoms with Gasteiger partial charge in [-0.2, -0.15) is 11.3 Å². The average Bonchev–Trinajstić information content (AvgIpc) is 3.19. The molecule has 1 aromatic carbocycles. The molecule has 3 N–H and O–H groups in total. The molecule has 0 aliphatic carbocycles. The van der Waals surface area contributed by atoms with E-state index in [9.17, 15) is 5.11 Å². The van der Waals surface area contributed by atoms with E-state index in [4.69, 9.17) is 0 Å². The fourth-order valence-electron chi connectivity index (χ4n) is 2.77. The van der Waals surface area contributed by atoms with E-state index in [0.29, 0.717) is 12.6 Å². The monoisotopic (exact) mass is 388 g/mol. The second kappa shape index (κ2) is 10.4. The Kier molecular flexibility index (Phi) is 8.28. The summed E-state index contributed by atoms with van der Waals surface area (Å²) in [6.07, 6.45) is 0.965. The van der Waals surface area contributed by atoms with Crippen molar-refractivity contribution < 1.29 is 5.11 Å². The summed E-state index contributed by atoms with van der Waals surface area (Å²) in [6, 6.07) is 12.8. The van der Waals surface area contributed by atoms with Crippen LogP contribution in [-0.4, -0.2) is 55.7 Å². The van der Waals surface area contributed by atoms with Crippen LogP contribution >= 0.6 is 11.3 Å². The molecule has 0 saturated heterocycles. The van der Waals surface area contributed by atoms with Gasteiger partial charge in [-0.3, -0.25) is 0 Å². The first-order valence-corrected chi connectivity index (χ1v) is 10.3. The van der Waals surface area contributed by atoms with Gasteiger partial charge < -0.3 is 20.6 Å². The Morgan fingerprint density at radius 3 is 2.56 bits per heavy atom. The van der Waals surface area contributed by atoms with Crippen LogP contribution in [0.3, 0.4) is 0 Å². The lowest BCUT2D eigenvalue weighted by atomic mass is 10.00. The molecular formula is C21H32N4OS. The topological polar surface area (TPSA) is 59.9 Å². The van der Waals surface area contributed by atoms with E-state index in [1.54, 1.807) is 18.3 Å². The number of aliphatic hydroxyl groups is 1. The molecule has 2 atom stereocenters. The number of nitrogens with zero attached hydrogens (tertiary/aromatic N) is 2. The molecule has 0 bridgehead atoms. The van der Waals surface area contributed by atoms with E-state index in [1.807, 2.05) is 29.8 Å². The Balaban J connectivity index is 1.98. The van der Waals surface area contributed by atoms with Gasteiger partial charge in [0.2, 0.25) is 0 Å². The van der Waals surface area contributed by atoms with E-state index in [2.05, 4.69) is 58.9 Å². The maximum Gasteiger partial charge on any atom is 0.191 e. The van der Waals surface area contributed by atoms with Gasteiger partial charge in [0.05, 0.1) is 6.54 Å². The fraction of sp³-hybridized carbons (Fsp3) is 0.476. The second-order valence-corrected chi connectivity index (χ2v) is 7.95. The van der Waals surface area contributed by atoms with Crippen LogP contribution in [0.25, 0.3) is 0 Å². The fourth-order valence-corrected chi connectivity index (χ4v) is 3.56. The minimum absolute atomic E-state index is 0.310. The first-order valence-electron chi connectivity index (χ1n) is 9.40. The summed E-state index contributed by atoms with van der Waals surface area (Å²) in [6.45, 7) is 5.71. The molecule has 0 spiro atoms. The SMILES string of the molecule is CCNC(=NCC(C)(O)c1ccsc1)NCC(Cc1ccccc1)N(C)C. The van der Waals surface area contributed by atoms with Crippen molar-refractivity contribution in [3.8, 4) is 0 Å². The van der Waals surface area contributed by atoms with Crippen LogP contribution in [0.4, 0.5) is 0 Å². The van der Waals surface area contributed by atoms with Crippen molar-refractivity contribution in [2.24, 2.45) is 4.99 Å². The maximum absolute atomic E-state index is 10.7. The van der Waals surface area contributed by atoms with Crippen LogP contribution in [0.5, 0.6) is 0 Å². The third kappa shape index (κ3) is 6.97. The molecule has 2 unspecified atom stereocenters. The lowest BCUT2D eigenvalue weighted by Gasteiger charge is -2.26. The quantitative estimate of drug-likeness (QED) is 0.457. The Bertz CT molecular complexity index is 683. The van der Waals surface area contributed by atoms with E-state index < -0.39 is 5.60 Å². The van der Waals surface area contributed by atoms with Gasteiger partial charge in [-0.15, -0.1) is 0 Å². The largest absolute Gasteiger partial charge is 0.383 e. The van der Waals surface area contributed by atoms with Crippen molar-refractivity contribution in [3.63, 3.8) is 0 Å². The number of benzene rings is 1. The van der Waals surface area contributed by atoms with Gasteiger partial charge in [-0.25, -0.2) is 4.99 Å². The summed E-state index contributed by atoms with van der Waals surface area (Å²) in [7, 11) is 4.20. The molecule has 5 nitrogen and oxygen atoms in total. The minimum atomic E-state index is -0.965. The second-order valence-electron chi connectivity index (χ2n) is 7.17. The first-order chi connectivity index (χ1) is 12.9. The van der Waals surface area contributed by atoms with Gasteiger partial charge in [-0.05, 0) is 62.3 Å². The molecule has 0 aliphatic heterocycles. The summed E-state index contributed by atoms with van der Waals surface area (Å²) in [5.41, 5.74) is 1.26. The number of rotatable bonds is 9. The zero-order valence-electron chi connectivity index (χ0n) is 16.8. The highest BCUT2D eigenvalue weighted by Crippen LogP contribution is 2.23. The Labute approximate surface area is 167 Å². The summed E-state index contributed by atoms with van der Waals surface area (Å²) >= 11 is 1.58. The Morgan fingerprint density at radius 2 is 1.96 bits per heavy atom. The standard InChI is InChI=1S/C21H32N4OS/c1-5-22-20(24-16-21(2,26)18-11-12-27-15-18)23-14-19(25(3)4)13-17-9-7-6-8-10-17/h6-12,15,19,26H,5,13-14,16H2,1-4H3,(H2,22,23,24). The highest BCUT2D eigenvalue weighted by atomic mass is 32.1. The Morgan fingerprint density at radius 1 is 1.22 bits per heavy atom. The lowest BCUT2D eigenvalue weighted by Crippen LogP contribution is -2.46. The van der Waals surface area contributed by atoms with Crippen LogP contribution in [0.2, 0.25) is 0 Å². The summed E-state index contributed by atoms with van der Waals surface area (Å²) < 4.78 is 0. The van der Waals surface area contributed by atoms with Gasteiger partial charge in [0.15, 0.2) is 5.96 Å². The van der Waals surface area contributed by atoms with Crippen molar-refractivity contribution in [1.29, 1.82) is 0 Å². The number of hydrogen-bond acceptors (Lipinski definition) is 4. The predicted octanol–water partition coefficient (Wildman–Crippen LogP) is 2.68. The lowest BCUT2D eigenvalue weighted by molar-refractivity contribution is 0.0677. The highest BCUT2D eigenvalue weighted by molar-refractivity contribution is 7.08. The number of thiophene rings is 1. The normalized spacial score (nSPS) is 15.4. The molecule has 0 fully saturated rings. The summed E-state index contributed by atoms with van der Waals surface area (Å²) in [5, 5.41) is 21.3. The summed E-state index contributed by atoms with van der Waals surface area (Å²) in [5.74, 6) is 0.730. The van der Waals surface area contributed by atoms with Gasteiger partial charge >= 0.3 is 0 Å². The van der Waals surface area contributed by atoms with E-state index in [1.165, 1.54) is 5.56 Å². The van der Waals surface area contributed by atoms with Crippen LogP contribution in [0, 0.1) is 0 Å². The van der Waals surface area contributed by atoms with Gasteiger partial charge in [0.1, 0.15) is 5.60 Å². The maximum atomic E-state index is 10.7. The third-order valence-corrected chi connectivity index (χ3v) is 5.27. The molecule has 0 radical (unpaired) electrons. The molecular weight excluding hydrogens is 356 g/mol. The smallest absolute Gasteiger partial charge is 0.191 e. The molecule has 0 aliphatic rings. The summed E-state index contributed by atoms with van der Waals surface area (Å²) in [4.78, 5) is 6.84. The number of guanidine groups is 1. The Hall–Kier alpha value is -1.89. The highest BCUT2D eigenvalue weighted by Gasteiger charge is 2.23. The van der Waals surface area contributed by atoms with Crippen molar-refractivity contribution >= 4 is 17.3 Å². The van der Waals surface area contributed by atoms with E-state index in [0.717, 1.165) is 31.0 Å². The van der Waals surface area contributed by atoms with Crippen LogP contribution in [0.15, 0.2) is 52.2 Å². The van der Waals surface area contributed by atoms with Gasteiger partial charge in [0, 0.05) is 19.1 Å². The minimum Gasteiger partial charge on any atom is -0.383 e.